The monoisotopic (exact) mass is 291 g/mol. The van der Waals surface area contributed by atoms with Crippen LogP contribution in [0, 0.1) is 0 Å². The van der Waals surface area contributed by atoms with Crippen molar-refractivity contribution in [1.82, 2.24) is 0 Å². The minimum absolute atomic E-state index is 0.198. The molecule has 2 aromatic carbocycles. The van der Waals surface area contributed by atoms with Gasteiger partial charge >= 0.3 is 0 Å². The van der Waals surface area contributed by atoms with E-state index in [4.69, 9.17) is 5.84 Å². The second-order valence-corrected chi connectivity index (χ2v) is 5.00. The lowest BCUT2D eigenvalue weighted by atomic mass is 10.1. The van der Waals surface area contributed by atoms with E-state index in [1.54, 1.807) is 0 Å². The smallest absolute Gasteiger partial charge is 0.270 e. The second-order valence-electron chi connectivity index (χ2n) is 5.00. The highest BCUT2D eigenvalue weighted by Crippen LogP contribution is 2.22. The Morgan fingerprint density at radius 3 is 2.32 bits per heavy atom. The summed E-state index contributed by atoms with van der Waals surface area (Å²) in [4.78, 5) is 14.5. The van der Waals surface area contributed by atoms with Gasteiger partial charge in [-0.3, -0.25) is 4.79 Å². The number of amides is 1. The molecule has 0 bridgehead atoms. The Labute approximate surface area is 129 Å². The predicted octanol–water partition coefficient (Wildman–Crippen LogP) is 3.20. The summed E-state index contributed by atoms with van der Waals surface area (Å²) in [5, 5.41) is 1.19. The number of para-hydroxylation sites is 2. The highest BCUT2D eigenvalue weighted by atomic mass is 16.2. The fourth-order valence-corrected chi connectivity index (χ4v) is 2.32. The molecule has 4 heteroatoms. The molecule has 0 saturated carbocycles. The lowest BCUT2D eigenvalue weighted by molar-refractivity contribution is -0.115. The van der Waals surface area contributed by atoms with Crippen molar-refractivity contribution in [2.75, 3.05) is 9.91 Å². The Balaban J connectivity index is 1.82. The average molecular weight is 291 g/mol. The van der Waals surface area contributed by atoms with Gasteiger partial charge in [-0.05, 0) is 30.7 Å². The van der Waals surface area contributed by atoms with Crippen LogP contribution >= 0.6 is 0 Å². The quantitative estimate of drug-likeness (QED) is 0.537. The maximum Gasteiger partial charge on any atom is 0.270 e. The van der Waals surface area contributed by atoms with Crippen molar-refractivity contribution < 1.29 is 4.79 Å². The van der Waals surface area contributed by atoms with Crippen molar-refractivity contribution in [3.05, 3.63) is 84.7 Å². The predicted molar refractivity (Wildman–Crippen MR) is 88.9 cm³/mol. The molecule has 1 aliphatic heterocycles. The van der Waals surface area contributed by atoms with Crippen LogP contribution in [0.1, 0.15) is 6.42 Å². The molecule has 110 valence electrons. The molecule has 0 atom stereocenters. The maximum atomic E-state index is 12.5. The average Bonchev–Trinajstić information content (AvgIpc) is 2.62. The first-order chi connectivity index (χ1) is 10.8. The van der Waals surface area contributed by atoms with Gasteiger partial charge in [0.15, 0.2) is 0 Å². The number of allylic oxidation sites excluding steroid dienone is 1. The molecule has 2 N–H and O–H groups in total. The van der Waals surface area contributed by atoms with Crippen molar-refractivity contribution in [3.8, 4) is 0 Å². The zero-order valence-corrected chi connectivity index (χ0v) is 12.1. The molecule has 2 aromatic rings. The van der Waals surface area contributed by atoms with Gasteiger partial charge in [0.1, 0.15) is 0 Å². The SMILES string of the molecule is NN(C(=O)C1=CN(c2ccccc2)C=CC1)c1ccccc1. The van der Waals surface area contributed by atoms with Crippen molar-refractivity contribution in [2.45, 2.75) is 6.42 Å². The van der Waals surface area contributed by atoms with Crippen LogP contribution in [-0.4, -0.2) is 5.91 Å². The number of hydrazine groups is 1. The van der Waals surface area contributed by atoms with Crippen LogP contribution < -0.4 is 15.8 Å². The number of carbonyl (C=O) groups excluding carboxylic acids is 1. The van der Waals surface area contributed by atoms with E-state index < -0.39 is 0 Å². The van der Waals surface area contributed by atoms with Crippen molar-refractivity contribution in [2.24, 2.45) is 5.84 Å². The number of carbonyl (C=O) groups is 1. The van der Waals surface area contributed by atoms with Crippen LogP contribution in [0.2, 0.25) is 0 Å². The molecule has 0 saturated heterocycles. The molecule has 1 amide bonds. The Kier molecular flexibility index (Phi) is 4.03. The summed E-state index contributed by atoms with van der Waals surface area (Å²) in [7, 11) is 0. The van der Waals surface area contributed by atoms with Crippen LogP contribution in [-0.2, 0) is 4.79 Å². The first kappa shape index (κ1) is 14.1. The van der Waals surface area contributed by atoms with E-state index in [2.05, 4.69) is 0 Å². The Morgan fingerprint density at radius 1 is 1.00 bits per heavy atom. The molecule has 1 aliphatic rings. The van der Waals surface area contributed by atoms with E-state index in [-0.39, 0.29) is 5.91 Å². The molecule has 0 unspecified atom stereocenters. The summed E-state index contributed by atoms with van der Waals surface area (Å²) >= 11 is 0. The topological polar surface area (TPSA) is 49.6 Å². The van der Waals surface area contributed by atoms with Gasteiger partial charge in [0.2, 0.25) is 0 Å². The molecule has 0 aliphatic carbocycles. The van der Waals surface area contributed by atoms with Gasteiger partial charge in [-0.25, -0.2) is 10.9 Å². The first-order valence-corrected chi connectivity index (χ1v) is 7.10. The Hall–Kier alpha value is -2.85. The maximum absolute atomic E-state index is 12.5. The number of nitrogens with two attached hydrogens (primary N) is 1. The van der Waals surface area contributed by atoms with E-state index in [9.17, 15) is 4.79 Å². The number of hydrogen-bond donors (Lipinski definition) is 1. The molecular formula is C18H17N3O. The van der Waals surface area contributed by atoms with E-state index in [1.807, 2.05) is 84.0 Å². The third-order valence-corrected chi connectivity index (χ3v) is 3.48. The molecule has 4 nitrogen and oxygen atoms in total. The second kappa shape index (κ2) is 6.28. The summed E-state index contributed by atoms with van der Waals surface area (Å²) in [6.45, 7) is 0. The summed E-state index contributed by atoms with van der Waals surface area (Å²) < 4.78 is 0. The molecule has 22 heavy (non-hydrogen) atoms. The Bertz CT molecular complexity index is 708. The van der Waals surface area contributed by atoms with Crippen LogP contribution in [0.3, 0.4) is 0 Å². The van der Waals surface area contributed by atoms with Gasteiger partial charge in [0.05, 0.1) is 5.69 Å². The third kappa shape index (κ3) is 2.92. The molecule has 3 rings (SSSR count). The van der Waals surface area contributed by atoms with Gasteiger partial charge in [-0.15, -0.1) is 0 Å². The first-order valence-electron chi connectivity index (χ1n) is 7.10. The molecular weight excluding hydrogens is 274 g/mol. The Morgan fingerprint density at radius 2 is 1.64 bits per heavy atom. The highest BCUT2D eigenvalue weighted by Gasteiger charge is 2.19. The van der Waals surface area contributed by atoms with Crippen molar-refractivity contribution >= 4 is 17.3 Å². The van der Waals surface area contributed by atoms with Gasteiger partial charge < -0.3 is 4.90 Å². The fourth-order valence-electron chi connectivity index (χ4n) is 2.32. The molecule has 0 aromatic heterocycles. The third-order valence-electron chi connectivity index (χ3n) is 3.48. The van der Waals surface area contributed by atoms with Gasteiger partial charge in [0, 0.05) is 23.7 Å². The van der Waals surface area contributed by atoms with Gasteiger partial charge in [-0.2, -0.15) is 0 Å². The lowest BCUT2D eigenvalue weighted by Crippen LogP contribution is -2.39. The fraction of sp³-hybridized carbons (Fsp3) is 0.0556. The van der Waals surface area contributed by atoms with Crippen LogP contribution in [0.5, 0.6) is 0 Å². The molecule has 1 heterocycles. The van der Waals surface area contributed by atoms with Gasteiger partial charge in [-0.1, -0.05) is 42.5 Å². The summed E-state index contributed by atoms with van der Waals surface area (Å²) in [5.74, 6) is 5.76. The van der Waals surface area contributed by atoms with Crippen molar-refractivity contribution in [1.29, 1.82) is 0 Å². The van der Waals surface area contributed by atoms with Crippen LogP contribution in [0.15, 0.2) is 84.7 Å². The number of hydrogen-bond acceptors (Lipinski definition) is 3. The van der Waals surface area contributed by atoms with E-state index in [0.717, 1.165) is 5.69 Å². The minimum atomic E-state index is -0.198. The molecule has 0 fully saturated rings. The largest absolute Gasteiger partial charge is 0.324 e. The zero-order valence-electron chi connectivity index (χ0n) is 12.1. The zero-order chi connectivity index (χ0) is 15.4. The van der Waals surface area contributed by atoms with E-state index >= 15 is 0 Å². The lowest BCUT2D eigenvalue weighted by Gasteiger charge is -2.24. The molecule has 0 radical (unpaired) electrons. The number of nitrogens with zero attached hydrogens (tertiary/aromatic N) is 2. The standard InChI is InChI=1S/C18H17N3O/c19-21(17-11-5-2-6-12-17)18(22)15-8-7-13-20(14-15)16-9-3-1-4-10-16/h1-7,9-14H,8,19H2. The van der Waals surface area contributed by atoms with Crippen molar-refractivity contribution in [3.63, 3.8) is 0 Å². The van der Waals surface area contributed by atoms with Crippen LogP contribution in [0.4, 0.5) is 11.4 Å². The van der Waals surface area contributed by atoms with E-state index in [1.165, 1.54) is 5.01 Å². The molecule has 0 spiro atoms. The number of rotatable bonds is 3. The summed E-state index contributed by atoms with van der Waals surface area (Å²) in [6.07, 6.45) is 6.32. The van der Waals surface area contributed by atoms with E-state index in [0.29, 0.717) is 17.7 Å². The number of anilines is 2. The summed E-state index contributed by atoms with van der Waals surface area (Å²) in [6, 6.07) is 19.1. The minimum Gasteiger partial charge on any atom is -0.324 e. The normalized spacial score (nSPS) is 13.7. The summed E-state index contributed by atoms with van der Waals surface area (Å²) in [5.41, 5.74) is 2.33. The van der Waals surface area contributed by atoms with Gasteiger partial charge in [0.25, 0.3) is 5.91 Å². The van der Waals surface area contributed by atoms with Crippen LogP contribution in [0.25, 0.3) is 0 Å². The highest BCUT2D eigenvalue weighted by molar-refractivity contribution is 6.05. The number of benzene rings is 2.